The minimum atomic E-state index is 0.0568. The van der Waals surface area contributed by atoms with E-state index < -0.39 is 0 Å². The van der Waals surface area contributed by atoms with Crippen molar-refractivity contribution in [3.05, 3.63) is 30.5 Å². The second-order valence-electron chi connectivity index (χ2n) is 7.55. The van der Waals surface area contributed by atoms with Crippen molar-refractivity contribution >= 4 is 34.5 Å². The maximum absolute atomic E-state index is 12.9. The van der Waals surface area contributed by atoms with Crippen LogP contribution in [0.2, 0.25) is 0 Å². The van der Waals surface area contributed by atoms with Crippen LogP contribution in [0.25, 0.3) is 10.9 Å². The Hall–Kier alpha value is -1.99. The molecule has 0 saturated carbocycles. The maximum Gasteiger partial charge on any atom is 0.242 e. The smallest absolute Gasteiger partial charge is 0.242 e. The summed E-state index contributed by atoms with van der Waals surface area (Å²) in [6.07, 6.45) is 2.12. The van der Waals surface area contributed by atoms with Crippen molar-refractivity contribution in [2.24, 2.45) is 0 Å². The van der Waals surface area contributed by atoms with Gasteiger partial charge in [-0.3, -0.25) is 9.59 Å². The van der Waals surface area contributed by atoms with Crippen LogP contribution in [0.15, 0.2) is 35.4 Å². The first-order valence-electron chi connectivity index (χ1n) is 10.3. The SMILES string of the molecule is CCN(CC)C(=O)CSc1cn(CC(=O)N2CC(C)OC(C)C2)c2ccccc12. The molecule has 1 aliphatic rings. The van der Waals surface area contributed by atoms with E-state index in [-0.39, 0.29) is 24.0 Å². The number of hydrogen-bond donors (Lipinski definition) is 0. The van der Waals surface area contributed by atoms with Crippen LogP contribution in [0.1, 0.15) is 27.7 Å². The molecule has 2 unspecified atom stereocenters. The van der Waals surface area contributed by atoms with Crippen LogP contribution in [0.3, 0.4) is 0 Å². The number of aromatic nitrogens is 1. The van der Waals surface area contributed by atoms with Gasteiger partial charge in [-0.15, -0.1) is 11.8 Å². The van der Waals surface area contributed by atoms with Crippen LogP contribution < -0.4 is 0 Å². The zero-order chi connectivity index (χ0) is 21.0. The zero-order valence-corrected chi connectivity index (χ0v) is 18.6. The largest absolute Gasteiger partial charge is 0.372 e. The highest BCUT2D eigenvalue weighted by Gasteiger charge is 2.26. The van der Waals surface area contributed by atoms with Crippen LogP contribution >= 0.6 is 11.8 Å². The third kappa shape index (κ3) is 5.14. The van der Waals surface area contributed by atoms with E-state index in [1.165, 1.54) is 0 Å². The molecule has 1 aliphatic heterocycles. The van der Waals surface area contributed by atoms with Gasteiger partial charge in [0.2, 0.25) is 11.8 Å². The number of para-hydroxylation sites is 1. The van der Waals surface area contributed by atoms with Crippen molar-refractivity contribution in [2.75, 3.05) is 31.9 Å². The molecule has 2 atom stereocenters. The van der Waals surface area contributed by atoms with Crippen LogP contribution in [-0.2, 0) is 20.9 Å². The minimum Gasteiger partial charge on any atom is -0.372 e. The Morgan fingerprint density at radius 3 is 2.45 bits per heavy atom. The fraction of sp³-hybridized carbons (Fsp3) is 0.545. The van der Waals surface area contributed by atoms with Gasteiger partial charge in [-0.25, -0.2) is 0 Å². The number of carbonyl (C=O) groups is 2. The molecule has 2 amide bonds. The van der Waals surface area contributed by atoms with Gasteiger partial charge in [-0.1, -0.05) is 18.2 Å². The quantitative estimate of drug-likeness (QED) is 0.649. The molecule has 0 N–H and O–H groups in total. The Balaban J connectivity index is 1.75. The average Bonchev–Trinajstić information content (AvgIpc) is 3.04. The number of rotatable bonds is 7. The first kappa shape index (κ1) is 21.7. The number of ether oxygens (including phenoxy) is 1. The minimum absolute atomic E-state index is 0.0568. The lowest BCUT2D eigenvalue weighted by molar-refractivity contribution is -0.143. The molecule has 0 aliphatic carbocycles. The van der Waals surface area contributed by atoms with Gasteiger partial charge in [0.05, 0.1) is 18.0 Å². The number of morpholine rings is 1. The number of fused-ring (bicyclic) bond motifs is 1. The highest BCUT2D eigenvalue weighted by Crippen LogP contribution is 2.30. The molecule has 158 valence electrons. The van der Waals surface area contributed by atoms with Gasteiger partial charge < -0.3 is 19.1 Å². The van der Waals surface area contributed by atoms with Crippen molar-refractivity contribution in [1.29, 1.82) is 0 Å². The Morgan fingerprint density at radius 1 is 1.14 bits per heavy atom. The lowest BCUT2D eigenvalue weighted by Crippen LogP contribution is -2.49. The molecular weight excluding hydrogens is 386 g/mol. The van der Waals surface area contributed by atoms with E-state index in [0.717, 1.165) is 28.9 Å². The molecule has 29 heavy (non-hydrogen) atoms. The van der Waals surface area contributed by atoms with Gasteiger partial charge in [0.1, 0.15) is 6.54 Å². The lowest BCUT2D eigenvalue weighted by atomic mass is 10.2. The number of hydrogen-bond acceptors (Lipinski definition) is 4. The molecule has 6 nitrogen and oxygen atoms in total. The highest BCUT2D eigenvalue weighted by atomic mass is 32.2. The van der Waals surface area contributed by atoms with Crippen molar-refractivity contribution in [3.63, 3.8) is 0 Å². The Morgan fingerprint density at radius 2 is 1.79 bits per heavy atom. The fourth-order valence-electron chi connectivity index (χ4n) is 3.89. The molecule has 7 heteroatoms. The van der Waals surface area contributed by atoms with Crippen LogP contribution in [0.4, 0.5) is 0 Å². The Bertz CT molecular complexity index is 852. The fourth-order valence-corrected chi connectivity index (χ4v) is 4.88. The molecule has 3 rings (SSSR count). The average molecular weight is 418 g/mol. The van der Waals surface area contributed by atoms with Gasteiger partial charge in [-0.2, -0.15) is 0 Å². The summed E-state index contributed by atoms with van der Waals surface area (Å²) in [6.45, 7) is 11.0. The molecular formula is C22H31N3O3S. The van der Waals surface area contributed by atoms with E-state index in [1.807, 2.05) is 66.5 Å². The molecule has 0 bridgehead atoms. The van der Waals surface area contributed by atoms with Crippen LogP contribution in [-0.4, -0.2) is 70.3 Å². The molecule has 1 fully saturated rings. The maximum atomic E-state index is 12.9. The third-order valence-electron chi connectivity index (χ3n) is 5.30. The van der Waals surface area contributed by atoms with Crippen molar-refractivity contribution in [3.8, 4) is 0 Å². The number of carbonyl (C=O) groups excluding carboxylic acids is 2. The molecule has 2 heterocycles. The summed E-state index contributed by atoms with van der Waals surface area (Å²) in [5.74, 6) is 0.648. The summed E-state index contributed by atoms with van der Waals surface area (Å²) in [6, 6.07) is 8.07. The standard InChI is InChI=1S/C22H31N3O3S/c1-5-23(6-2)22(27)15-29-20-13-24(19-10-8-7-9-18(19)20)14-21(26)25-11-16(3)28-17(4)12-25/h7-10,13,16-17H,5-6,11-12,14-15H2,1-4H3. The van der Waals surface area contributed by atoms with Gasteiger partial charge in [0.15, 0.2) is 0 Å². The number of thioether (sulfide) groups is 1. The van der Waals surface area contributed by atoms with Crippen molar-refractivity contribution in [1.82, 2.24) is 14.4 Å². The van der Waals surface area contributed by atoms with Crippen LogP contribution in [0.5, 0.6) is 0 Å². The topological polar surface area (TPSA) is 54.8 Å². The second kappa shape index (κ2) is 9.67. The molecule has 1 aromatic carbocycles. The Kier molecular flexibility index (Phi) is 7.24. The molecule has 1 saturated heterocycles. The second-order valence-corrected chi connectivity index (χ2v) is 8.57. The normalized spacial score (nSPS) is 19.5. The predicted octanol–water partition coefficient (Wildman–Crippen LogP) is 3.24. The zero-order valence-electron chi connectivity index (χ0n) is 17.8. The summed E-state index contributed by atoms with van der Waals surface area (Å²) < 4.78 is 7.75. The first-order chi connectivity index (χ1) is 13.9. The molecule has 0 spiro atoms. The number of benzene rings is 1. The molecule has 0 radical (unpaired) electrons. The summed E-state index contributed by atoms with van der Waals surface area (Å²) in [5.41, 5.74) is 1.02. The van der Waals surface area contributed by atoms with E-state index in [4.69, 9.17) is 4.74 Å². The summed E-state index contributed by atoms with van der Waals surface area (Å²) in [4.78, 5) is 30.1. The molecule has 1 aromatic heterocycles. The van der Waals surface area contributed by atoms with Gasteiger partial charge in [0, 0.05) is 48.2 Å². The van der Waals surface area contributed by atoms with Gasteiger partial charge in [0.25, 0.3) is 0 Å². The lowest BCUT2D eigenvalue weighted by Gasteiger charge is -2.35. The van der Waals surface area contributed by atoms with E-state index >= 15 is 0 Å². The summed E-state index contributed by atoms with van der Waals surface area (Å²) >= 11 is 1.54. The van der Waals surface area contributed by atoms with Crippen molar-refractivity contribution < 1.29 is 14.3 Å². The Labute approximate surface area is 177 Å². The predicted molar refractivity (Wildman–Crippen MR) is 117 cm³/mol. The van der Waals surface area contributed by atoms with E-state index in [0.29, 0.717) is 25.4 Å². The van der Waals surface area contributed by atoms with Gasteiger partial charge >= 0.3 is 0 Å². The van der Waals surface area contributed by atoms with Crippen molar-refractivity contribution in [2.45, 2.75) is 51.3 Å². The van der Waals surface area contributed by atoms with Crippen LogP contribution in [0, 0.1) is 0 Å². The van der Waals surface area contributed by atoms with E-state index in [2.05, 4.69) is 6.07 Å². The molecule has 2 aromatic rings. The first-order valence-corrected chi connectivity index (χ1v) is 11.3. The monoisotopic (exact) mass is 417 g/mol. The summed E-state index contributed by atoms with van der Waals surface area (Å²) in [7, 11) is 0. The van der Waals surface area contributed by atoms with E-state index in [1.54, 1.807) is 11.8 Å². The third-order valence-corrected chi connectivity index (χ3v) is 6.32. The number of nitrogens with zero attached hydrogens (tertiary/aromatic N) is 3. The number of amides is 2. The van der Waals surface area contributed by atoms with E-state index in [9.17, 15) is 9.59 Å². The summed E-state index contributed by atoms with van der Waals surface area (Å²) in [5, 5.41) is 1.08. The highest BCUT2D eigenvalue weighted by molar-refractivity contribution is 8.00. The van der Waals surface area contributed by atoms with Gasteiger partial charge in [-0.05, 0) is 33.8 Å².